The summed E-state index contributed by atoms with van der Waals surface area (Å²) in [6, 6.07) is 9.04. The molecule has 1 fully saturated rings. The van der Waals surface area contributed by atoms with E-state index in [2.05, 4.69) is 11.4 Å². The minimum absolute atomic E-state index is 0.132. The van der Waals surface area contributed by atoms with E-state index >= 15 is 0 Å². The number of hydrogen-bond acceptors (Lipinski definition) is 2. The Kier molecular flexibility index (Phi) is 2.07. The molecule has 1 aromatic rings. The largest absolute Gasteiger partial charge is 0.336 e. The third-order valence-corrected chi connectivity index (χ3v) is 2.17. The Balaban J connectivity index is 2.41. The van der Waals surface area contributed by atoms with Gasteiger partial charge < -0.3 is 5.32 Å². The summed E-state index contributed by atoms with van der Waals surface area (Å²) in [5, 5.41) is 11.6. The van der Waals surface area contributed by atoms with E-state index in [1.807, 2.05) is 6.07 Å². The quantitative estimate of drug-likeness (QED) is 0.715. The van der Waals surface area contributed by atoms with Crippen LogP contribution in [0.3, 0.4) is 0 Å². The summed E-state index contributed by atoms with van der Waals surface area (Å²) in [6.45, 7) is 1.26. The van der Waals surface area contributed by atoms with Crippen molar-refractivity contribution in [1.82, 2.24) is 5.32 Å². The van der Waals surface area contributed by atoms with Gasteiger partial charge >= 0.3 is 6.03 Å². The van der Waals surface area contributed by atoms with Gasteiger partial charge in [0.25, 0.3) is 0 Å². The summed E-state index contributed by atoms with van der Waals surface area (Å²) < 4.78 is 0. The van der Waals surface area contributed by atoms with Crippen molar-refractivity contribution in [3.63, 3.8) is 0 Å². The summed E-state index contributed by atoms with van der Waals surface area (Å²) in [5.41, 5.74) is 1.22. The first kappa shape index (κ1) is 8.57. The number of urea groups is 1. The highest BCUT2D eigenvalue weighted by atomic mass is 16.2. The van der Waals surface area contributed by atoms with Crippen molar-refractivity contribution in [2.24, 2.45) is 0 Å². The van der Waals surface area contributed by atoms with Crippen LogP contribution >= 0.6 is 0 Å². The average molecular weight is 187 g/mol. The number of amides is 2. The van der Waals surface area contributed by atoms with Crippen molar-refractivity contribution in [3.05, 3.63) is 29.8 Å². The second-order valence-corrected chi connectivity index (χ2v) is 3.01. The zero-order valence-electron chi connectivity index (χ0n) is 7.53. The van der Waals surface area contributed by atoms with Crippen molar-refractivity contribution < 1.29 is 4.79 Å². The van der Waals surface area contributed by atoms with Crippen LogP contribution in [0.15, 0.2) is 24.3 Å². The fourth-order valence-corrected chi connectivity index (χ4v) is 1.51. The average Bonchev–Trinajstić information content (AvgIpc) is 2.64. The first-order valence-corrected chi connectivity index (χ1v) is 4.37. The minimum Gasteiger partial charge on any atom is -0.336 e. The number of carbonyl (C=O) groups excluding carboxylic acids is 1. The highest BCUT2D eigenvalue weighted by Crippen LogP contribution is 2.20. The molecule has 70 valence electrons. The van der Waals surface area contributed by atoms with Gasteiger partial charge in [-0.3, -0.25) is 4.90 Å². The van der Waals surface area contributed by atoms with Gasteiger partial charge in [0, 0.05) is 13.1 Å². The van der Waals surface area contributed by atoms with Crippen LogP contribution in [-0.2, 0) is 0 Å². The lowest BCUT2D eigenvalue weighted by molar-refractivity contribution is 0.252. The summed E-state index contributed by atoms with van der Waals surface area (Å²) in [5.74, 6) is 0. The Morgan fingerprint density at radius 1 is 1.43 bits per heavy atom. The molecule has 2 rings (SSSR count). The number of nitriles is 1. The zero-order chi connectivity index (χ0) is 9.97. The molecule has 1 N–H and O–H groups in total. The summed E-state index contributed by atoms with van der Waals surface area (Å²) in [6.07, 6.45) is 0. The van der Waals surface area contributed by atoms with Crippen molar-refractivity contribution in [1.29, 1.82) is 5.26 Å². The number of anilines is 1. The highest BCUT2D eigenvalue weighted by molar-refractivity contribution is 5.95. The fourth-order valence-electron chi connectivity index (χ4n) is 1.51. The molecule has 0 aliphatic carbocycles. The summed E-state index contributed by atoms with van der Waals surface area (Å²) in [7, 11) is 0. The van der Waals surface area contributed by atoms with Gasteiger partial charge in [-0.05, 0) is 12.1 Å². The van der Waals surface area contributed by atoms with Crippen LogP contribution in [0.5, 0.6) is 0 Å². The zero-order valence-corrected chi connectivity index (χ0v) is 7.53. The maximum absolute atomic E-state index is 11.3. The number of carbonyl (C=O) groups is 1. The van der Waals surface area contributed by atoms with Gasteiger partial charge in [0.15, 0.2) is 0 Å². The van der Waals surface area contributed by atoms with Gasteiger partial charge in [0.1, 0.15) is 6.07 Å². The fraction of sp³-hybridized carbons (Fsp3) is 0.200. The van der Waals surface area contributed by atoms with E-state index in [4.69, 9.17) is 5.26 Å². The monoisotopic (exact) mass is 187 g/mol. The molecule has 0 aromatic heterocycles. The van der Waals surface area contributed by atoms with Crippen molar-refractivity contribution in [2.45, 2.75) is 0 Å². The summed E-state index contributed by atoms with van der Waals surface area (Å²) >= 11 is 0. The molecule has 0 atom stereocenters. The summed E-state index contributed by atoms with van der Waals surface area (Å²) in [4.78, 5) is 12.9. The van der Waals surface area contributed by atoms with Crippen LogP contribution in [0.2, 0.25) is 0 Å². The Morgan fingerprint density at radius 2 is 2.21 bits per heavy atom. The lowest BCUT2D eigenvalue weighted by Gasteiger charge is -2.14. The highest BCUT2D eigenvalue weighted by Gasteiger charge is 2.22. The molecule has 0 spiro atoms. The van der Waals surface area contributed by atoms with Gasteiger partial charge in [-0.2, -0.15) is 5.26 Å². The maximum atomic E-state index is 11.3. The van der Waals surface area contributed by atoms with E-state index in [0.717, 1.165) is 0 Å². The SMILES string of the molecule is N#Cc1ccccc1N1CCNC1=O. The molecule has 0 bridgehead atoms. The molecular formula is C10H9N3O. The number of hydrogen-bond donors (Lipinski definition) is 1. The van der Waals surface area contributed by atoms with Crippen LogP contribution in [0, 0.1) is 11.3 Å². The van der Waals surface area contributed by atoms with Gasteiger partial charge in [-0.25, -0.2) is 4.79 Å². The van der Waals surface area contributed by atoms with E-state index < -0.39 is 0 Å². The smallest absolute Gasteiger partial charge is 0.322 e. The van der Waals surface area contributed by atoms with Gasteiger partial charge in [0.2, 0.25) is 0 Å². The normalized spacial score (nSPS) is 15.1. The van der Waals surface area contributed by atoms with Crippen molar-refractivity contribution >= 4 is 11.7 Å². The molecule has 4 heteroatoms. The van der Waals surface area contributed by atoms with Crippen molar-refractivity contribution in [2.75, 3.05) is 18.0 Å². The lowest BCUT2D eigenvalue weighted by Crippen LogP contribution is -2.28. The standard InChI is InChI=1S/C10H9N3O/c11-7-8-3-1-2-4-9(8)13-6-5-12-10(13)14/h1-4H,5-6H2,(H,12,14). The number of rotatable bonds is 1. The Morgan fingerprint density at radius 3 is 2.86 bits per heavy atom. The van der Waals surface area contributed by atoms with Crippen LogP contribution in [-0.4, -0.2) is 19.1 Å². The number of para-hydroxylation sites is 1. The molecule has 1 saturated heterocycles. The molecular weight excluding hydrogens is 178 g/mol. The first-order chi connectivity index (χ1) is 6.83. The topological polar surface area (TPSA) is 56.1 Å². The Bertz CT molecular complexity index is 408. The van der Waals surface area contributed by atoms with Gasteiger partial charge in [0.05, 0.1) is 11.3 Å². The third kappa shape index (κ3) is 1.29. The van der Waals surface area contributed by atoms with Gasteiger partial charge in [-0.15, -0.1) is 0 Å². The van der Waals surface area contributed by atoms with Gasteiger partial charge in [-0.1, -0.05) is 12.1 Å². The predicted molar refractivity (Wildman–Crippen MR) is 51.9 cm³/mol. The lowest BCUT2D eigenvalue weighted by atomic mass is 10.2. The maximum Gasteiger partial charge on any atom is 0.322 e. The Hall–Kier alpha value is -2.02. The predicted octanol–water partition coefficient (Wildman–Crippen LogP) is 1.09. The van der Waals surface area contributed by atoms with Crippen LogP contribution in [0.1, 0.15) is 5.56 Å². The molecule has 14 heavy (non-hydrogen) atoms. The molecule has 0 unspecified atom stereocenters. The first-order valence-electron chi connectivity index (χ1n) is 4.37. The molecule has 4 nitrogen and oxygen atoms in total. The second-order valence-electron chi connectivity index (χ2n) is 3.01. The second kappa shape index (κ2) is 3.38. The molecule has 0 saturated carbocycles. The number of nitrogens with zero attached hydrogens (tertiary/aromatic N) is 2. The molecule has 1 aliphatic rings. The van der Waals surface area contributed by atoms with E-state index in [1.165, 1.54) is 0 Å². The van der Waals surface area contributed by atoms with Crippen LogP contribution < -0.4 is 10.2 Å². The number of benzene rings is 1. The molecule has 1 aromatic carbocycles. The minimum atomic E-state index is -0.132. The van der Waals surface area contributed by atoms with Crippen LogP contribution in [0.4, 0.5) is 10.5 Å². The van der Waals surface area contributed by atoms with Crippen molar-refractivity contribution in [3.8, 4) is 6.07 Å². The van der Waals surface area contributed by atoms with E-state index in [-0.39, 0.29) is 6.03 Å². The van der Waals surface area contributed by atoms with E-state index in [0.29, 0.717) is 24.3 Å². The van der Waals surface area contributed by atoms with Crippen LogP contribution in [0.25, 0.3) is 0 Å². The van der Waals surface area contributed by atoms with E-state index in [9.17, 15) is 4.79 Å². The molecule has 0 radical (unpaired) electrons. The van der Waals surface area contributed by atoms with E-state index in [1.54, 1.807) is 23.1 Å². The third-order valence-electron chi connectivity index (χ3n) is 2.17. The molecule has 1 heterocycles. The number of nitrogens with one attached hydrogen (secondary N) is 1. The molecule has 2 amide bonds. The molecule has 1 aliphatic heterocycles. The Labute approximate surface area is 81.7 Å².